The lowest BCUT2D eigenvalue weighted by molar-refractivity contribution is -0.821. The molecular weight excluding hydrogens is 182 g/mol. The van der Waals surface area contributed by atoms with E-state index in [1.165, 1.54) is 0 Å². The summed E-state index contributed by atoms with van der Waals surface area (Å²) in [5, 5.41) is 0. The third-order valence-electron chi connectivity index (χ3n) is 2.24. The lowest BCUT2D eigenvalue weighted by Crippen LogP contribution is -2.49. The van der Waals surface area contributed by atoms with Crippen LogP contribution in [-0.4, -0.2) is 42.1 Å². The van der Waals surface area contributed by atoms with Crippen LogP contribution in [0, 0.1) is 0 Å². The molecule has 1 aliphatic heterocycles. The Kier molecular flexibility index (Phi) is 2.67. The monoisotopic (exact) mass is 200 g/mol. The number of rotatable bonds is 0. The molecular formula is C10H18NO3+. The van der Waals surface area contributed by atoms with Crippen molar-refractivity contribution in [3.8, 4) is 0 Å². The Labute approximate surface area is 84.4 Å². The molecule has 1 atom stereocenters. The molecule has 0 aromatic rings. The minimum atomic E-state index is -0.482. The third kappa shape index (κ3) is 2.54. The molecule has 4 nitrogen and oxygen atoms in total. The number of likely N-dealkylation sites (N-methyl/N-ethyl adjacent to an activating group) is 1. The maximum absolute atomic E-state index is 11.7. The summed E-state index contributed by atoms with van der Waals surface area (Å²) in [6, 6.07) is 0. The van der Waals surface area contributed by atoms with Crippen LogP contribution in [0.15, 0.2) is 0 Å². The average Bonchev–Trinajstić information content (AvgIpc) is 2.29. The zero-order valence-corrected chi connectivity index (χ0v) is 9.29. The first-order valence-electron chi connectivity index (χ1n) is 4.83. The molecule has 1 fully saturated rings. The van der Waals surface area contributed by atoms with Gasteiger partial charge in [-0.15, -0.1) is 0 Å². The largest absolute Gasteiger partial charge is 0.516 e. The number of amides is 1. The second-order valence-electron chi connectivity index (χ2n) is 5.05. The molecule has 1 aliphatic rings. The number of likely N-dealkylation sites (tertiary alicyclic amines) is 1. The molecule has 0 aliphatic carbocycles. The van der Waals surface area contributed by atoms with Gasteiger partial charge in [0.15, 0.2) is 5.78 Å². The molecule has 0 radical (unpaired) electrons. The second-order valence-corrected chi connectivity index (χ2v) is 5.05. The van der Waals surface area contributed by atoms with E-state index in [-0.39, 0.29) is 22.9 Å². The highest BCUT2D eigenvalue weighted by Crippen LogP contribution is 2.19. The molecule has 1 rings (SSSR count). The fraction of sp³-hybridized carbons (Fsp3) is 0.800. The molecule has 0 spiro atoms. The van der Waals surface area contributed by atoms with E-state index in [9.17, 15) is 9.59 Å². The van der Waals surface area contributed by atoms with Crippen molar-refractivity contribution in [2.45, 2.75) is 32.8 Å². The molecule has 0 saturated carbocycles. The Morgan fingerprint density at radius 2 is 2.00 bits per heavy atom. The molecule has 14 heavy (non-hydrogen) atoms. The van der Waals surface area contributed by atoms with Gasteiger partial charge in [0.25, 0.3) is 0 Å². The molecule has 0 bridgehead atoms. The summed E-state index contributed by atoms with van der Waals surface area (Å²) in [6.07, 6.45) is 0.179. The Balaban J connectivity index is 2.65. The molecule has 0 aromatic carbocycles. The van der Waals surface area contributed by atoms with E-state index in [4.69, 9.17) is 4.74 Å². The van der Waals surface area contributed by atoms with Crippen molar-refractivity contribution in [3.63, 3.8) is 0 Å². The highest BCUT2D eigenvalue weighted by molar-refractivity contribution is 5.83. The first-order chi connectivity index (χ1) is 6.23. The number of Topliss-reactive ketones (excluding diaryl/α,β-unsaturated/α-hetero) is 1. The lowest BCUT2D eigenvalue weighted by atomic mass is 10.2. The Morgan fingerprint density at radius 1 is 1.43 bits per heavy atom. The molecule has 80 valence electrons. The first kappa shape index (κ1) is 11.2. The minimum absolute atomic E-state index is 0.0934. The second kappa shape index (κ2) is 3.35. The smallest absolute Gasteiger partial charge is 0.414 e. The normalized spacial score (nSPS) is 27.9. The fourth-order valence-electron chi connectivity index (χ4n) is 1.45. The van der Waals surface area contributed by atoms with Gasteiger partial charge < -0.3 is 4.74 Å². The number of carbonyl (C=O) groups excluding carboxylic acids is 2. The quantitative estimate of drug-likeness (QED) is 0.554. The Hall–Kier alpha value is -0.900. The van der Waals surface area contributed by atoms with E-state index in [0.29, 0.717) is 13.0 Å². The number of nitrogens with zero attached hydrogens (tertiary/aromatic N) is 1. The SMILES string of the molecule is CC(C)(C)OC(=O)[N+]1(C)CCC(=O)C1. The van der Waals surface area contributed by atoms with Crippen LogP contribution in [0.3, 0.4) is 0 Å². The molecule has 4 heteroatoms. The Bertz CT molecular complexity index is 267. The van der Waals surface area contributed by atoms with Gasteiger partial charge in [0.1, 0.15) is 12.1 Å². The summed E-state index contributed by atoms with van der Waals surface area (Å²) < 4.78 is 5.35. The van der Waals surface area contributed by atoms with E-state index >= 15 is 0 Å². The Morgan fingerprint density at radius 3 is 2.36 bits per heavy atom. The summed E-state index contributed by atoms with van der Waals surface area (Å²) in [7, 11) is 1.75. The topological polar surface area (TPSA) is 43.4 Å². The van der Waals surface area contributed by atoms with Crippen LogP contribution >= 0.6 is 0 Å². The van der Waals surface area contributed by atoms with Crippen LogP contribution in [0.1, 0.15) is 27.2 Å². The van der Waals surface area contributed by atoms with Gasteiger partial charge in [-0.25, -0.2) is 4.48 Å². The van der Waals surface area contributed by atoms with E-state index < -0.39 is 5.60 Å². The van der Waals surface area contributed by atoms with Crippen molar-refractivity contribution in [2.24, 2.45) is 0 Å². The summed E-state index contributed by atoms with van der Waals surface area (Å²) in [5.41, 5.74) is -0.482. The lowest BCUT2D eigenvalue weighted by Gasteiger charge is -2.28. The molecule has 1 amide bonds. The predicted octanol–water partition coefficient (Wildman–Crippen LogP) is 1.34. The number of quaternary nitrogens is 1. The van der Waals surface area contributed by atoms with Crippen LogP contribution < -0.4 is 0 Å². The molecule has 1 heterocycles. The van der Waals surface area contributed by atoms with Crippen LogP contribution in [-0.2, 0) is 9.53 Å². The summed E-state index contributed by atoms with van der Waals surface area (Å²) >= 11 is 0. The van der Waals surface area contributed by atoms with Crippen molar-refractivity contribution in [1.29, 1.82) is 0 Å². The van der Waals surface area contributed by atoms with Gasteiger partial charge in [-0.1, -0.05) is 0 Å². The first-order valence-corrected chi connectivity index (χ1v) is 4.83. The van der Waals surface area contributed by atoms with Gasteiger partial charge in [-0.05, 0) is 20.8 Å². The number of carbonyl (C=O) groups is 2. The van der Waals surface area contributed by atoms with Crippen molar-refractivity contribution in [1.82, 2.24) is 0 Å². The van der Waals surface area contributed by atoms with Crippen LogP contribution in [0.5, 0.6) is 0 Å². The van der Waals surface area contributed by atoms with Crippen LogP contribution in [0.2, 0.25) is 0 Å². The van der Waals surface area contributed by atoms with Gasteiger partial charge in [0.05, 0.1) is 20.0 Å². The number of ether oxygens (including phenoxy) is 1. The fourth-order valence-corrected chi connectivity index (χ4v) is 1.45. The summed E-state index contributed by atoms with van der Waals surface area (Å²) in [5.74, 6) is 0.137. The standard InChI is InChI=1S/C10H18NO3/c1-10(2,3)14-9(13)11(4)6-5-8(12)7-11/h5-7H2,1-4H3/q+1. The van der Waals surface area contributed by atoms with E-state index in [1.54, 1.807) is 7.05 Å². The highest BCUT2D eigenvalue weighted by Gasteiger charge is 2.43. The van der Waals surface area contributed by atoms with Gasteiger partial charge in [0.2, 0.25) is 0 Å². The van der Waals surface area contributed by atoms with Crippen LogP contribution in [0.4, 0.5) is 4.79 Å². The zero-order valence-electron chi connectivity index (χ0n) is 9.29. The van der Waals surface area contributed by atoms with Crippen molar-refractivity contribution < 1.29 is 18.8 Å². The molecule has 1 saturated heterocycles. The maximum Gasteiger partial charge on any atom is 0.516 e. The van der Waals surface area contributed by atoms with E-state index in [2.05, 4.69) is 0 Å². The van der Waals surface area contributed by atoms with Gasteiger partial charge in [0, 0.05) is 0 Å². The van der Waals surface area contributed by atoms with E-state index in [0.717, 1.165) is 0 Å². The third-order valence-corrected chi connectivity index (χ3v) is 2.24. The van der Waals surface area contributed by atoms with Crippen molar-refractivity contribution in [3.05, 3.63) is 0 Å². The molecule has 0 N–H and O–H groups in total. The molecule has 1 unspecified atom stereocenters. The highest BCUT2D eigenvalue weighted by atomic mass is 16.6. The van der Waals surface area contributed by atoms with Crippen molar-refractivity contribution >= 4 is 11.9 Å². The average molecular weight is 200 g/mol. The van der Waals surface area contributed by atoms with Gasteiger partial charge in [-0.3, -0.25) is 4.79 Å². The molecule has 0 aromatic heterocycles. The van der Waals surface area contributed by atoms with Gasteiger partial charge in [-0.2, -0.15) is 4.79 Å². The van der Waals surface area contributed by atoms with Crippen molar-refractivity contribution in [2.75, 3.05) is 20.1 Å². The number of ketones is 1. The summed E-state index contributed by atoms with van der Waals surface area (Å²) in [6.45, 7) is 6.32. The summed E-state index contributed by atoms with van der Waals surface area (Å²) in [4.78, 5) is 22.8. The zero-order chi connectivity index (χ0) is 11.0. The van der Waals surface area contributed by atoms with Gasteiger partial charge >= 0.3 is 6.09 Å². The predicted molar refractivity (Wildman–Crippen MR) is 51.8 cm³/mol. The number of hydrogen-bond acceptors (Lipinski definition) is 3. The van der Waals surface area contributed by atoms with E-state index in [1.807, 2.05) is 20.8 Å². The minimum Gasteiger partial charge on any atom is -0.414 e. The maximum atomic E-state index is 11.7. The van der Waals surface area contributed by atoms with Crippen LogP contribution in [0.25, 0.3) is 0 Å². The number of hydrogen-bond donors (Lipinski definition) is 0.